The van der Waals surface area contributed by atoms with E-state index in [2.05, 4.69) is 4.90 Å². The van der Waals surface area contributed by atoms with Crippen LogP contribution in [0.1, 0.15) is 44.9 Å². The van der Waals surface area contributed by atoms with Crippen LogP contribution in [0.4, 0.5) is 0 Å². The lowest BCUT2D eigenvalue weighted by Crippen LogP contribution is -2.53. The number of ether oxygens (including phenoxy) is 1. The van der Waals surface area contributed by atoms with Crippen LogP contribution in [0.2, 0.25) is 0 Å². The van der Waals surface area contributed by atoms with Gasteiger partial charge in [-0.25, -0.2) is 0 Å². The third kappa shape index (κ3) is 3.76. The molecule has 0 radical (unpaired) electrons. The quantitative estimate of drug-likeness (QED) is 0.841. The van der Waals surface area contributed by atoms with E-state index in [1.165, 1.54) is 0 Å². The van der Waals surface area contributed by atoms with Crippen molar-refractivity contribution >= 4 is 5.91 Å². The minimum atomic E-state index is -0.160. The topological polar surface area (TPSA) is 53.0 Å². The highest BCUT2D eigenvalue weighted by Gasteiger charge is 2.33. The molecule has 2 heterocycles. The second-order valence-electron chi connectivity index (χ2n) is 6.66. The predicted molar refractivity (Wildman–Crippen MR) is 80.0 cm³/mol. The summed E-state index contributed by atoms with van der Waals surface area (Å²) in [4.78, 5) is 16.6. The maximum Gasteiger partial charge on any atom is 0.222 e. The Morgan fingerprint density at radius 2 is 1.90 bits per heavy atom. The largest absolute Gasteiger partial charge is 0.391 e. The van der Waals surface area contributed by atoms with Gasteiger partial charge in [0.25, 0.3) is 0 Å². The first-order valence-electron chi connectivity index (χ1n) is 8.55. The summed E-state index contributed by atoms with van der Waals surface area (Å²) < 4.78 is 5.58. The summed E-state index contributed by atoms with van der Waals surface area (Å²) in [5.74, 6) is 0.275. The monoisotopic (exact) mass is 296 g/mol. The molecule has 3 aliphatic rings. The van der Waals surface area contributed by atoms with Gasteiger partial charge in [0.1, 0.15) is 0 Å². The number of carbonyl (C=O) groups excluding carboxylic acids is 1. The van der Waals surface area contributed by atoms with Crippen molar-refractivity contribution in [3.05, 3.63) is 0 Å². The molecule has 120 valence electrons. The van der Waals surface area contributed by atoms with Gasteiger partial charge >= 0.3 is 0 Å². The molecule has 1 amide bonds. The maximum absolute atomic E-state index is 12.2. The minimum Gasteiger partial charge on any atom is -0.391 e. The summed E-state index contributed by atoms with van der Waals surface area (Å²) in [6, 6.07) is 0.328. The Morgan fingerprint density at radius 1 is 1.10 bits per heavy atom. The van der Waals surface area contributed by atoms with Crippen molar-refractivity contribution in [3.63, 3.8) is 0 Å². The molecule has 1 N–H and O–H groups in total. The molecule has 0 bridgehead atoms. The van der Waals surface area contributed by atoms with Crippen LogP contribution >= 0.6 is 0 Å². The van der Waals surface area contributed by atoms with Crippen LogP contribution in [0.15, 0.2) is 0 Å². The molecule has 0 aromatic carbocycles. The van der Waals surface area contributed by atoms with E-state index in [-0.39, 0.29) is 12.0 Å². The summed E-state index contributed by atoms with van der Waals surface area (Å²) >= 11 is 0. The van der Waals surface area contributed by atoms with E-state index in [0.717, 1.165) is 71.3 Å². The number of amides is 1. The molecule has 2 aliphatic heterocycles. The molecule has 1 saturated carbocycles. The van der Waals surface area contributed by atoms with Gasteiger partial charge in [-0.15, -0.1) is 0 Å². The van der Waals surface area contributed by atoms with E-state index in [1.54, 1.807) is 0 Å². The fourth-order valence-corrected chi connectivity index (χ4v) is 3.96. The molecule has 0 aromatic rings. The average molecular weight is 296 g/mol. The second kappa shape index (κ2) is 7.07. The first-order valence-corrected chi connectivity index (χ1v) is 8.55. The van der Waals surface area contributed by atoms with Gasteiger partial charge < -0.3 is 14.7 Å². The molecule has 0 spiro atoms. The number of nitrogens with zero attached hydrogens (tertiary/aromatic N) is 2. The lowest BCUT2D eigenvalue weighted by molar-refractivity contribution is -0.134. The van der Waals surface area contributed by atoms with Gasteiger partial charge in [0.2, 0.25) is 5.91 Å². The van der Waals surface area contributed by atoms with Gasteiger partial charge in [-0.1, -0.05) is 0 Å². The van der Waals surface area contributed by atoms with Crippen molar-refractivity contribution in [3.8, 4) is 0 Å². The molecule has 5 heteroatoms. The van der Waals surface area contributed by atoms with Gasteiger partial charge in [-0.2, -0.15) is 0 Å². The Labute approximate surface area is 127 Å². The highest BCUT2D eigenvalue weighted by molar-refractivity contribution is 5.76. The summed E-state index contributed by atoms with van der Waals surface area (Å²) in [5.41, 5.74) is 0. The molecule has 0 aromatic heterocycles. The zero-order valence-corrected chi connectivity index (χ0v) is 12.9. The molecule has 5 nitrogen and oxygen atoms in total. The van der Waals surface area contributed by atoms with Crippen LogP contribution < -0.4 is 0 Å². The normalized spacial score (nSPS) is 34.5. The van der Waals surface area contributed by atoms with Gasteiger partial charge in [0.05, 0.1) is 12.2 Å². The number of rotatable bonds is 4. The minimum absolute atomic E-state index is 0.160. The Balaban J connectivity index is 1.39. The molecule has 1 aliphatic carbocycles. The third-order valence-electron chi connectivity index (χ3n) is 5.28. The van der Waals surface area contributed by atoms with Crippen molar-refractivity contribution in [1.82, 2.24) is 9.80 Å². The van der Waals surface area contributed by atoms with Gasteiger partial charge in [0.15, 0.2) is 0 Å². The lowest BCUT2D eigenvalue weighted by atomic mass is 10.1. The molecule has 3 atom stereocenters. The van der Waals surface area contributed by atoms with Crippen LogP contribution in [-0.4, -0.2) is 71.8 Å². The Hall–Kier alpha value is -0.650. The third-order valence-corrected chi connectivity index (χ3v) is 5.28. The van der Waals surface area contributed by atoms with E-state index in [1.807, 2.05) is 4.90 Å². The van der Waals surface area contributed by atoms with E-state index in [0.29, 0.717) is 18.6 Å². The highest BCUT2D eigenvalue weighted by Crippen LogP contribution is 2.25. The number of hydrogen-bond donors (Lipinski definition) is 1. The number of hydrogen-bond acceptors (Lipinski definition) is 4. The Morgan fingerprint density at radius 3 is 2.52 bits per heavy atom. The first kappa shape index (κ1) is 15.3. The van der Waals surface area contributed by atoms with E-state index < -0.39 is 0 Å². The summed E-state index contributed by atoms with van der Waals surface area (Å²) in [7, 11) is 0. The standard InChI is InChI=1S/C16H28N2O3/c19-15-5-1-4-14(15)17-8-10-18(11-9-17)16(20)7-6-13-3-2-12-21-13/h13-15,19H,1-12H2. The first-order chi connectivity index (χ1) is 10.2. The van der Waals surface area contributed by atoms with Crippen LogP contribution in [0, 0.1) is 0 Å². The second-order valence-corrected chi connectivity index (χ2v) is 6.66. The van der Waals surface area contributed by atoms with Gasteiger partial charge in [-0.05, 0) is 38.5 Å². The van der Waals surface area contributed by atoms with Crippen molar-refractivity contribution < 1.29 is 14.6 Å². The molecular weight excluding hydrogens is 268 g/mol. The fraction of sp³-hybridized carbons (Fsp3) is 0.938. The molecule has 3 rings (SSSR count). The zero-order valence-electron chi connectivity index (χ0n) is 12.9. The number of aliphatic hydroxyl groups excluding tert-OH is 1. The Kier molecular flexibility index (Phi) is 5.14. The van der Waals surface area contributed by atoms with Crippen LogP contribution in [0.3, 0.4) is 0 Å². The van der Waals surface area contributed by atoms with E-state index in [9.17, 15) is 9.90 Å². The number of aliphatic hydroxyl groups is 1. The maximum atomic E-state index is 12.2. The molecule has 21 heavy (non-hydrogen) atoms. The fourth-order valence-electron chi connectivity index (χ4n) is 3.96. The molecule has 3 unspecified atom stereocenters. The molecule has 2 saturated heterocycles. The number of piperazine rings is 1. The average Bonchev–Trinajstić information content (AvgIpc) is 3.16. The molecular formula is C16H28N2O3. The smallest absolute Gasteiger partial charge is 0.222 e. The summed E-state index contributed by atoms with van der Waals surface area (Å²) in [5, 5.41) is 9.99. The van der Waals surface area contributed by atoms with Crippen LogP contribution in [0.5, 0.6) is 0 Å². The van der Waals surface area contributed by atoms with Crippen LogP contribution in [-0.2, 0) is 9.53 Å². The summed E-state index contributed by atoms with van der Waals surface area (Å²) in [6.07, 6.45) is 7.07. The summed E-state index contributed by atoms with van der Waals surface area (Å²) in [6.45, 7) is 4.31. The van der Waals surface area contributed by atoms with Crippen molar-refractivity contribution in [1.29, 1.82) is 0 Å². The van der Waals surface area contributed by atoms with Crippen LogP contribution in [0.25, 0.3) is 0 Å². The molecule has 3 fully saturated rings. The zero-order chi connectivity index (χ0) is 14.7. The SMILES string of the molecule is O=C(CCC1CCCO1)N1CCN(C2CCCC2O)CC1. The predicted octanol–water partition coefficient (Wildman–Crippen LogP) is 1.00. The van der Waals surface area contributed by atoms with E-state index >= 15 is 0 Å². The number of carbonyl (C=O) groups is 1. The van der Waals surface area contributed by atoms with Gasteiger partial charge in [0, 0.05) is 45.2 Å². The highest BCUT2D eigenvalue weighted by atomic mass is 16.5. The lowest BCUT2D eigenvalue weighted by Gasteiger charge is -2.39. The Bertz CT molecular complexity index is 349. The van der Waals surface area contributed by atoms with Crippen molar-refractivity contribution in [2.45, 2.75) is 63.2 Å². The van der Waals surface area contributed by atoms with Gasteiger partial charge in [-0.3, -0.25) is 9.69 Å². The van der Waals surface area contributed by atoms with Crippen molar-refractivity contribution in [2.75, 3.05) is 32.8 Å². The van der Waals surface area contributed by atoms with Crippen molar-refractivity contribution in [2.24, 2.45) is 0 Å². The van der Waals surface area contributed by atoms with E-state index in [4.69, 9.17) is 4.74 Å².